The molecule has 0 amide bonds. The number of hydrogen-bond donors (Lipinski definition) is 3. The van der Waals surface area contributed by atoms with E-state index in [-0.39, 0.29) is 6.04 Å². The first-order valence-electron chi connectivity index (χ1n) is 4.76. The Bertz CT molecular complexity index is 436. The number of anilines is 1. The minimum absolute atomic E-state index is 0.0272. The molecular formula is C12H13N3. The first kappa shape index (κ1) is 9.74. The van der Waals surface area contributed by atoms with Crippen molar-refractivity contribution < 1.29 is 0 Å². The van der Waals surface area contributed by atoms with Crippen LogP contribution >= 0.6 is 0 Å². The first-order valence-corrected chi connectivity index (χ1v) is 4.76. The maximum Gasteiger partial charge on any atom is 0.0782 e. The Kier molecular flexibility index (Phi) is 2.70. The van der Waals surface area contributed by atoms with Crippen LogP contribution in [0.4, 0.5) is 5.69 Å². The van der Waals surface area contributed by atoms with Gasteiger partial charge in [0.15, 0.2) is 0 Å². The summed E-state index contributed by atoms with van der Waals surface area (Å²) in [5.41, 5.74) is 14.4. The number of benzene rings is 1. The Hall–Kier alpha value is -1.80. The zero-order chi connectivity index (χ0) is 10.7. The summed E-state index contributed by atoms with van der Waals surface area (Å²) in [6.45, 7) is 0. The van der Waals surface area contributed by atoms with Crippen molar-refractivity contribution in [1.29, 1.82) is 0 Å². The molecular weight excluding hydrogens is 186 g/mol. The fraction of sp³-hybridized carbons (Fsp3) is 0.0833. The smallest absolute Gasteiger partial charge is 0.0782 e. The van der Waals surface area contributed by atoms with E-state index in [0.717, 1.165) is 16.8 Å². The van der Waals surface area contributed by atoms with Gasteiger partial charge in [-0.2, -0.15) is 0 Å². The molecule has 1 atom stereocenters. The van der Waals surface area contributed by atoms with E-state index in [0.29, 0.717) is 0 Å². The molecule has 0 bridgehead atoms. The molecule has 3 nitrogen and oxygen atoms in total. The molecule has 0 saturated heterocycles. The van der Waals surface area contributed by atoms with E-state index >= 15 is 0 Å². The van der Waals surface area contributed by atoms with Gasteiger partial charge in [0.25, 0.3) is 0 Å². The predicted octanol–water partition coefficient (Wildman–Crippen LogP) is 1.42. The topological polar surface area (TPSA) is 64.1 Å². The van der Waals surface area contributed by atoms with Gasteiger partial charge in [-0.05, 0) is 29.8 Å². The summed E-state index contributed by atoms with van der Waals surface area (Å²) in [7, 11) is 0. The average Bonchev–Trinajstić information content (AvgIpc) is 2.75. The van der Waals surface area contributed by atoms with Crippen LogP contribution in [0.25, 0.3) is 0 Å². The number of hydrogen-bond acceptors (Lipinski definition) is 3. The van der Waals surface area contributed by atoms with Gasteiger partial charge >= 0.3 is 0 Å². The van der Waals surface area contributed by atoms with Gasteiger partial charge in [0.1, 0.15) is 0 Å². The van der Waals surface area contributed by atoms with Crippen LogP contribution in [0.3, 0.4) is 0 Å². The molecule has 0 heterocycles. The highest BCUT2D eigenvalue weighted by molar-refractivity contribution is 5.44. The van der Waals surface area contributed by atoms with Crippen molar-refractivity contribution in [3.8, 4) is 0 Å². The van der Waals surface area contributed by atoms with Crippen LogP contribution in [0.1, 0.15) is 11.6 Å². The monoisotopic (exact) mass is 199 g/mol. The molecule has 2 rings (SSSR count). The second kappa shape index (κ2) is 4.15. The summed E-state index contributed by atoms with van der Waals surface area (Å²) >= 11 is 0. The van der Waals surface area contributed by atoms with E-state index in [9.17, 15) is 0 Å². The van der Waals surface area contributed by atoms with Crippen molar-refractivity contribution in [2.75, 3.05) is 5.73 Å². The summed E-state index contributed by atoms with van der Waals surface area (Å²) in [5, 5.41) is 0. The van der Waals surface area contributed by atoms with Crippen molar-refractivity contribution in [2.24, 2.45) is 5.84 Å². The van der Waals surface area contributed by atoms with Crippen molar-refractivity contribution in [3.63, 3.8) is 0 Å². The molecule has 76 valence electrons. The molecule has 15 heavy (non-hydrogen) atoms. The summed E-state index contributed by atoms with van der Waals surface area (Å²) in [6.07, 6.45) is 5.80. The van der Waals surface area contributed by atoms with Crippen LogP contribution in [0.15, 0.2) is 53.8 Å². The third kappa shape index (κ3) is 2.00. The number of allylic oxidation sites excluding steroid dienone is 1. The highest BCUT2D eigenvalue weighted by Crippen LogP contribution is 2.23. The van der Waals surface area contributed by atoms with E-state index < -0.39 is 0 Å². The molecule has 0 aromatic heterocycles. The Morgan fingerprint density at radius 3 is 2.47 bits per heavy atom. The molecule has 0 spiro atoms. The number of rotatable bonds is 3. The highest BCUT2D eigenvalue weighted by atomic mass is 15.2. The fourth-order valence-corrected chi connectivity index (χ4v) is 1.58. The van der Waals surface area contributed by atoms with Gasteiger partial charge in [-0.1, -0.05) is 18.2 Å². The molecule has 0 aliphatic heterocycles. The number of nitrogens with one attached hydrogen (secondary N) is 1. The Morgan fingerprint density at radius 2 is 1.93 bits per heavy atom. The lowest BCUT2D eigenvalue weighted by Crippen LogP contribution is -2.28. The Balaban J connectivity index is 2.31. The molecule has 0 radical (unpaired) electrons. The van der Waals surface area contributed by atoms with Crippen molar-refractivity contribution in [3.05, 3.63) is 59.4 Å². The SMILES string of the molecule is NNC(C1=C=CC=C1)c1ccc(N)cc1. The fourth-order valence-electron chi connectivity index (χ4n) is 1.58. The predicted molar refractivity (Wildman–Crippen MR) is 61.7 cm³/mol. The lowest BCUT2D eigenvalue weighted by molar-refractivity contribution is 0.637. The van der Waals surface area contributed by atoms with Gasteiger partial charge in [0, 0.05) is 11.3 Å². The Morgan fingerprint density at radius 1 is 1.20 bits per heavy atom. The van der Waals surface area contributed by atoms with Crippen LogP contribution in [0, 0.1) is 0 Å². The Labute approximate surface area is 88.7 Å². The van der Waals surface area contributed by atoms with Gasteiger partial charge in [-0.25, -0.2) is 5.43 Å². The largest absolute Gasteiger partial charge is 0.399 e. The average molecular weight is 199 g/mol. The summed E-state index contributed by atoms with van der Waals surface area (Å²) in [4.78, 5) is 0. The second-order valence-corrected chi connectivity index (χ2v) is 3.39. The zero-order valence-electron chi connectivity index (χ0n) is 8.27. The molecule has 3 heteroatoms. The van der Waals surface area contributed by atoms with Crippen molar-refractivity contribution in [1.82, 2.24) is 5.43 Å². The van der Waals surface area contributed by atoms with Crippen LogP contribution in [-0.2, 0) is 0 Å². The van der Waals surface area contributed by atoms with E-state index in [4.69, 9.17) is 11.6 Å². The third-order valence-corrected chi connectivity index (χ3v) is 2.37. The lowest BCUT2D eigenvalue weighted by atomic mass is 10.0. The molecule has 1 unspecified atom stereocenters. The number of hydrazine groups is 1. The molecule has 1 aromatic rings. The molecule has 1 aromatic carbocycles. The zero-order valence-corrected chi connectivity index (χ0v) is 8.27. The molecule has 1 aliphatic rings. The van der Waals surface area contributed by atoms with E-state index in [1.54, 1.807) is 0 Å². The van der Waals surface area contributed by atoms with Crippen LogP contribution in [0.2, 0.25) is 0 Å². The summed E-state index contributed by atoms with van der Waals surface area (Å²) < 4.78 is 0. The number of nitrogen functional groups attached to an aromatic ring is 1. The van der Waals surface area contributed by atoms with Crippen LogP contribution in [-0.4, -0.2) is 0 Å². The van der Waals surface area contributed by atoms with Gasteiger partial charge in [-0.15, -0.1) is 5.73 Å². The summed E-state index contributed by atoms with van der Waals surface area (Å²) in [5.74, 6) is 5.53. The minimum atomic E-state index is -0.0272. The second-order valence-electron chi connectivity index (χ2n) is 3.39. The first-order chi connectivity index (χ1) is 7.31. The standard InChI is InChI=1S/C12H13N3/c13-11-7-5-10(6-8-11)12(15-14)9-3-1-2-4-9/h1-3,5-8,12,15H,13-14H2. The van der Waals surface area contributed by atoms with Crippen LogP contribution in [0.5, 0.6) is 0 Å². The van der Waals surface area contributed by atoms with E-state index in [1.807, 2.05) is 42.5 Å². The normalized spacial score (nSPS) is 15.4. The third-order valence-electron chi connectivity index (χ3n) is 2.37. The van der Waals surface area contributed by atoms with Crippen molar-refractivity contribution >= 4 is 5.69 Å². The van der Waals surface area contributed by atoms with Gasteiger partial charge in [-0.3, -0.25) is 5.84 Å². The summed E-state index contributed by atoms with van der Waals surface area (Å²) in [6, 6.07) is 7.62. The van der Waals surface area contributed by atoms with Gasteiger partial charge in [0.2, 0.25) is 0 Å². The maximum atomic E-state index is 5.63. The van der Waals surface area contributed by atoms with E-state index in [2.05, 4.69) is 11.2 Å². The quantitative estimate of drug-likeness (QED) is 0.298. The maximum absolute atomic E-state index is 5.63. The van der Waals surface area contributed by atoms with Gasteiger partial charge < -0.3 is 5.73 Å². The highest BCUT2D eigenvalue weighted by Gasteiger charge is 2.13. The number of nitrogens with two attached hydrogens (primary N) is 2. The molecule has 1 aliphatic carbocycles. The minimum Gasteiger partial charge on any atom is -0.399 e. The molecule has 0 saturated carbocycles. The van der Waals surface area contributed by atoms with Crippen molar-refractivity contribution in [2.45, 2.75) is 6.04 Å². The molecule has 0 fully saturated rings. The van der Waals surface area contributed by atoms with Crippen LogP contribution < -0.4 is 17.0 Å². The lowest BCUT2D eigenvalue weighted by Gasteiger charge is -2.15. The molecule has 5 N–H and O–H groups in total. The van der Waals surface area contributed by atoms with Gasteiger partial charge in [0.05, 0.1) is 6.04 Å². The van der Waals surface area contributed by atoms with E-state index in [1.165, 1.54) is 0 Å².